The quantitative estimate of drug-likeness (QED) is 0.172. The average molecular weight is 680 g/mol. The molecule has 0 aliphatic carbocycles. The molecule has 0 aliphatic heterocycles. The number of nitrogens with zero attached hydrogens (tertiary/aromatic N) is 2. The van der Waals surface area contributed by atoms with Gasteiger partial charge in [0.1, 0.15) is 16.1 Å². The molecule has 0 saturated heterocycles. The Bertz CT molecular complexity index is 1090. The summed E-state index contributed by atoms with van der Waals surface area (Å²) >= 11 is 12.4. The van der Waals surface area contributed by atoms with Gasteiger partial charge in [0.15, 0.2) is 0 Å². The molecule has 1 N–H and O–H groups in total. The molecule has 14 heteroatoms. The van der Waals surface area contributed by atoms with Gasteiger partial charge >= 0.3 is 63.7 Å². The summed E-state index contributed by atoms with van der Waals surface area (Å²) in [5, 5.41) is 1.81. The molecule has 0 aliphatic rings. The van der Waals surface area contributed by atoms with Crippen molar-refractivity contribution in [3.8, 4) is 5.75 Å². The molecule has 2 aromatic heterocycles. The predicted octanol–water partition coefficient (Wildman–Crippen LogP) is 5.49. The second-order valence-corrected chi connectivity index (χ2v) is 8.21. The van der Waals surface area contributed by atoms with E-state index >= 15 is 0 Å². The van der Waals surface area contributed by atoms with E-state index in [9.17, 15) is 26.3 Å². The van der Waals surface area contributed by atoms with E-state index in [2.05, 4.69) is 15.3 Å². The zero-order valence-corrected chi connectivity index (χ0v) is 24.3. The van der Waals surface area contributed by atoms with E-state index in [4.69, 9.17) is 27.9 Å². The molecule has 0 bridgehead atoms. The van der Waals surface area contributed by atoms with Gasteiger partial charge < -0.3 is 11.5 Å². The number of halogens is 9. The van der Waals surface area contributed by atoms with Crippen LogP contribution in [0.1, 0.15) is 25.5 Å². The van der Waals surface area contributed by atoms with E-state index in [1.54, 1.807) is 41.8 Å². The molecule has 3 rings (SSSR count). The van der Waals surface area contributed by atoms with Crippen LogP contribution in [0, 0.1) is 3.57 Å². The first-order chi connectivity index (χ1) is 15.3. The van der Waals surface area contributed by atoms with E-state index in [0.29, 0.717) is 15.9 Å². The number of nitrogens with one attached hydrogen (secondary N) is 1. The van der Waals surface area contributed by atoms with Crippen molar-refractivity contribution in [2.24, 2.45) is 0 Å². The third-order valence-corrected chi connectivity index (χ3v) is 5.10. The van der Waals surface area contributed by atoms with E-state index < -0.39 is 33.8 Å². The van der Waals surface area contributed by atoms with Crippen molar-refractivity contribution in [2.75, 3.05) is 12.4 Å². The van der Waals surface area contributed by atoms with Crippen LogP contribution in [0.15, 0.2) is 48.8 Å². The van der Waals surface area contributed by atoms with Gasteiger partial charge in [-0.1, -0.05) is 42.8 Å². The molecule has 1 aromatic carbocycles. The molecular weight excluding hydrogens is 661 g/mol. The van der Waals surface area contributed by atoms with Gasteiger partial charge in [0.05, 0.1) is 30.1 Å². The smallest absolute Gasteiger partial charge is 1.00 e. The summed E-state index contributed by atoms with van der Waals surface area (Å²) in [6.45, 7) is 0.366. The molecule has 0 atom stereocenters. The van der Waals surface area contributed by atoms with Crippen LogP contribution in [0.5, 0.6) is 5.75 Å². The fourth-order valence-electron chi connectivity index (χ4n) is 2.31. The van der Waals surface area contributed by atoms with Gasteiger partial charge in [-0.3, -0.25) is 0 Å². The van der Waals surface area contributed by atoms with Crippen molar-refractivity contribution in [1.82, 2.24) is 9.97 Å². The van der Waals surface area contributed by atoms with Gasteiger partial charge in [-0.2, -0.15) is 26.3 Å². The van der Waals surface area contributed by atoms with E-state index in [-0.39, 0.29) is 65.9 Å². The van der Waals surface area contributed by atoms with Crippen LogP contribution in [0.25, 0.3) is 0 Å². The largest absolute Gasteiger partial charge is 1.00 e. The Kier molecular flexibility index (Phi) is 15.0. The fraction of sp³-hybridized carbons (Fsp3) is 0.238. The number of anilines is 1. The van der Waals surface area contributed by atoms with Gasteiger partial charge in [-0.25, -0.2) is 9.97 Å². The number of alkyl halides is 6. The van der Waals surface area contributed by atoms with Crippen LogP contribution in [0.2, 0.25) is 10.3 Å². The SMILES string of the molecule is C.COc1ccc(CNc2cnc(Cl)c(C(F)(F)F)c2)cc1.FC(F)(F)c1cc(I)cnc1Cl.[H-].[K+]. The molecule has 188 valence electrons. The maximum atomic E-state index is 12.7. The molecule has 3 aromatic rings. The second-order valence-electron chi connectivity index (χ2n) is 6.25. The normalized spacial score (nSPS) is 10.8. The van der Waals surface area contributed by atoms with E-state index in [0.717, 1.165) is 17.7 Å². The Morgan fingerprint density at radius 3 is 1.86 bits per heavy atom. The number of methoxy groups -OCH3 is 1. The maximum Gasteiger partial charge on any atom is 1.00 e. The maximum absolute atomic E-state index is 12.7. The van der Waals surface area contributed by atoms with Crippen LogP contribution in [-0.2, 0) is 18.9 Å². The summed E-state index contributed by atoms with van der Waals surface area (Å²) in [7, 11) is 1.56. The number of rotatable bonds is 4. The van der Waals surface area contributed by atoms with Crippen molar-refractivity contribution in [3.05, 3.63) is 79.4 Å². The Labute approximate surface area is 266 Å². The summed E-state index contributed by atoms with van der Waals surface area (Å²) in [5.41, 5.74) is -0.693. The molecule has 0 amide bonds. The third-order valence-electron chi connectivity index (χ3n) is 3.91. The summed E-state index contributed by atoms with van der Waals surface area (Å²) < 4.78 is 79.9. The minimum Gasteiger partial charge on any atom is -1.00 e. The van der Waals surface area contributed by atoms with Gasteiger partial charge in [0, 0.05) is 16.3 Å². The Balaban J connectivity index is 0. The third kappa shape index (κ3) is 11.3. The van der Waals surface area contributed by atoms with Crippen molar-refractivity contribution < 1.29 is 83.9 Å². The molecule has 0 fully saturated rings. The summed E-state index contributed by atoms with van der Waals surface area (Å²) in [6, 6.07) is 9.09. The van der Waals surface area contributed by atoms with Crippen molar-refractivity contribution in [2.45, 2.75) is 26.3 Å². The van der Waals surface area contributed by atoms with Gasteiger partial charge in [0.2, 0.25) is 0 Å². The van der Waals surface area contributed by atoms with Gasteiger partial charge in [-0.15, -0.1) is 0 Å². The van der Waals surface area contributed by atoms with Gasteiger partial charge in [0.25, 0.3) is 0 Å². The average Bonchev–Trinajstić information content (AvgIpc) is 2.74. The predicted molar refractivity (Wildman–Crippen MR) is 129 cm³/mol. The molecule has 0 saturated carbocycles. The zero-order chi connectivity index (χ0) is 24.8. The Hall–Kier alpha value is -0.354. The van der Waals surface area contributed by atoms with Crippen molar-refractivity contribution in [1.29, 1.82) is 0 Å². The summed E-state index contributed by atoms with van der Waals surface area (Å²) in [4.78, 5) is 6.93. The second kappa shape index (κ2) is 15.2. The number of hydrogen-bond donors (Lipinski definition) is 1. The minimum absolute atomic E-state index is 0. The van der Waals surface area contributed by atoms with Gasteiger partial charge in [-0.05, 0) is 52.4 Å². The number of benzene rings is 1. The topological polar surface area (TPSA) is 47.0 Å². The Morgan fingerprint density at radius 2 is 1.40 bits per heavy atom. The Morgan fingerprint density at radius 1 is 0.914 bits per heavy atom. The molecule has 35 heavy (non-hydrogen) atoms. The van der Waals surface area contributed by atoms with Crippen molar-refractivity contribution in [3.63, 3.8) is 0 Å². The number of hydrogen-bond acceptors (Lipinski definition) is 4. The van der Waals surface area contributed by atoms with Crippen LogP contribution in [0.4, 0.5) is 32.0 Å². The first-order valence-electron chi connectivity index (χ1n) is 8.79. The minimum atomic E-state index is -4.53. The molecule has 0 unspecified atom stereocenters. The molecule has 0 spiro atoms. The number of aromatic nitrogens is 2. The van der Waals surface area contributed by atoms with Crippen molar-refractivity contribution >= 4 is 51.5 Å². The summed E-state index contributed by atoms with van der Waals surface area (Å²) in [6.07, 6.45) is -6.41. The first kappa shape index (κ1) is 34.6. The standard InChI is InChI=1S/C14H12ClF3N2O.C6H2ClF3IN.CH4.K.H/c1-21-11-4-2-9(3-5-11)7-19-10-6-12(14(16,17)18)13(15)20-8-10;7-5-4(6(8,9)10)1-3(11)2-12-5;;;/h2-6,8,19H,7H2,1H3;1-2H;1H4;;/q;;;+1;-1. The number of ether oxygens (including phenoxy) is 1. The first-order valence-corrected chi connectivity index (χ1v) is 10.6. The fourth-order valence-corrected chi connectivity index (χ4v) is 3.18. The molecule has 2 heterocycles. The summed E-state index contributed by atoms with van der Waals surface area (Å²) in [5.74, 6) is 0.714. The van der Waals surface area contributed by atoms with Crippen LogP contribution < -0.4 is 61.4 Å². The molecule has 4 nitrogen and oxygen atoms in total. The molecule has 0 radical (unpaired) electrons. The number of pyridine rings is 2. The van der Waals surface area contributed by atoms with Crippen LogP contribution in [0.3, 0.4) is 0 Å². The van der Waals surface area contributed by atoms with E-state index in [1.807, 2.05) is 12.1 Å². The van der Waals surface area contributed by atoms with Crippen LogP contribution in [-0.4, -0.2) is 17.1 Å². The van der Waals surface area contributed by atoms with E-state index in [1.165, 1.54) is 12.4 Å². The zero-order valence-electron chi connectivity index (χ0n) is 18.5. The molecular formula is C21H19Cl2F6IKN3O. The van der Waals surface area contributed by atoms with Crippen LogP contribution >= 0.6 is 45.8 Å². The monoisotopic (exact) mass is 679 g/mol.